The van der Waals surface area contributed by atoms with Gasteiger partial charge in [0.2, 0.25) is 0 Å². The van der Waals surface area contributed by atoms with Crippen LogP contribution >= 0.6 is 11.8 Å². The molecule has 0 bridgehead atoms. The summed E-state index contributed by atoms with van der Waals surface area (Å²) >= 11 is 0.921. The predicted molar refractivity (Wildman–Crippen MR) is 139 cm³/mol. The zero-order chi connectivity index (χ0) is 25.1. The lowest BCUT2D eigenvalue weighted by molar-refractivity contribution is -0.385. The first-order valence-electron chi connectivity index (χ1n) is 11.2. The first kappa shape index (κ1) is 23.3. The number of rotatable bonds is 7. The molecule has 4 aromatic carbocycles. The van der Waals surface area contributed by atoms with Crippen molar-refractivity contribution in [1.82, 2.24) is 4.90 Å². The summed E-state index contributed by atoms with van der Waals surface area (Å²) in [7, 11) is 0. The van der Waals surface area contributed by atoms with Crippen LogP contribution in [0, 0.1) is 10.1 Å². The summed E-state index contributed by atoms with van der Waals surface area (Å²) in [6, 6.07) is 27.2. The Balaban J connectivity index is 1.27. The Labute approximate surface area is 211 Å². The van der Waals surface area contributed by atoms with Crippen LogP contribution in [-0.2, 0) is 17.9 Å². The number of carbonyl (C=O) groups excluding carboxylic acids is 2. The van der Waals surface area contributed by atoms with E-state index < -0.39 is 4.92 Å². The maximum absolute atomic E-state index is 13.0. The Bertz CT molecular complexity index is 1510. The van der Waals surface area contributed by atoms with E-state index in [9.17, 15) is 19.7 Å². The average Bonchev–Trinajstić information content (AvgIpc) is 3.16. The van der Waals surface area contributed by atoms with Gasteiger partial charge in [-0.3, -0.25) is 24.6 Å². The second kappa shape index (κ2) is 10.1. The van der Waals surface area contributed by atoms with E-state index in [-0.39, 0.29) is 30.0 Å². The summed E-state index contributed by atoms with van der Waals surface area (Å²) in [5.41, 5.74) is 2.14. The number of nitrogens with zero attached hydrogens (tertiary/aromatic N) is 2. The van der Waals surface area contributed by atoms with Crippen LogP contribution in [0.2, 0.25) is 0 Å². The highest BCUT2D eigenvalue weighted by Crippen LogP contribution is 2.34. The number of imide groups is 1. The van der Waals surface area contributed by atoms with Crippen molar-refractivity contribution in [1.29, 1.82) is 0 Å². The highest BCUT2D eigenvalue weighted by Gasteiger charge is 2.35. The summed E-state index contributed by atoms with van der Waals surface area (Å²) in [5, 5.41) is 12.9. The molecular weight excluding hydrogens is 476 g/mol. The van der Waals surface area contributed by atoms with Gasteiger partial charge in [0.15, 0.2) is 0 Å². The molecule has 5 rings (SSSR count). The third-order valence-corrected chi connectivity index (χ3v) is 6.75. The van der Waals surface area contributed by atoms with Gasteiger partial charge >= 0.3 is 0 Å². The molecule has 1 aliphatic heterocycles. The second-order valence-electron chi connectivity index (χ2n) is 8.15. The van der Waals surface area contributed by atoms with Crippen LogP contribution in [0.1, 0.15) is 16.7 Å². The lowest BCUT2D eigenvalue weighted by atomic mass is 10.0. The van der Waals surface area contributed by atoms with E-state index in [4.69, 9.17) is 4.74 Å². The molecule has 1 fully saturated rings. The molecule has 0 aromatic heterocycles. The third kappa shape index (κ3) is 4.85. The normalized spacial score (nSPS) is 14.6. The zero-order valence-electron chi connectivity index (χ0n) is 19.0. The molecule has 178 valence electrons. The van der Waals surface area contributed by atoms with Crippen molar-refractivity contribution < 1.29 is 19.2 Å². The van der Waals surface area contributed by atoms with Gasteiger partial charge in [-0.2, -0.15) is 0 Å². The van der Waals surface area contributed by atoms with Crippen molar-refractivity contribution in [3.8, 4) is 5.75 Å². The third-order valence-electron chi connectivity index (χ3n) is 5.84. The number of carbonyl (C=O) groups is 2. The molecule has 1 saturated heterocycles. The van der Waals surface area contributed by atoms with Gasteiger partial charge in [-0.15, -0.1) is 0 Å². The smallest absolute Gasteiger partial charge is 0.293 e. The van der Waals surface area contributed by atoms with Crippen LogP contribution in [0.3, 0.4) is 0 Å². The van der Waals surface area contributed by atoms with Crippen molar-refractivity contribution in [3.63, 3.8) is 0 Å². The topological polar surface area (TPSA) is 89.7 Å². The number of hydrogen-bond donors (Lipinski definition) is 0. The van der Waals surface area contributed by atoms with Gasteiger partial charge in [-0.25, -0.2) is 0 Å². The van der Waals surface area contributed by atoms with Crippen LogP contribution in [0.5, 0.6) is 5.75 Å². The van der Waals surface area contributed by atoms with Gasteiger partial charge in [0.1, 0.15) is 12.4 Å². The Morgan fingerprint density at radius 2 is 1.56 bits per heavy atom. The molecule has 0 radical (unpaired) electrons. The predicted octanol–water partition coefficient (Wildman–Crippen LogP) is 6.56. The first-order chi connectivity index (χ1) is 17.5. The van der Waals surface area contributed by atoms with Crippen molar-refractivity contribution >= 4 is 45.4 Å². The number of para-hydroxylation sites is 1. The number of ether oxygens (including phenoxy) is 1. The number of hydrogen-bond acceptors (Lipinski definition) is 6. The van der Waals surface area contributed by atoms with Crippen molar-refractivity contribution in [2.75, 3.05) is 0 Å². The van der Waals surface area contributed by atoms with Gasteiger partial charge in [-0.1, -0.05) is 66.7 Å². The molecule has 0 unspecified atom stereocenters. The molecule has 4 aromatic rings. The summed E-state index contributed by atoms with van der Waals surface area (Å²) in [4.78, 5) is 38.0. The van der Waals surface area contributed by atoms with Crippen LogP contribution in [0.4, 0.5) is 10.5 Å². The number of nitro groups is 1. The Kier molecular flexibility index (Phi) is 6.51. The van der Waals surface area contributed by atoms with Crippen LogP contribution in [0.15, 0.2) is 95.9 Å². The Hall–Kier alpha value is -4.43. The molecular formula is C28H20N2O5S. The van der Waals surface area contributed by atoms with E-state index in [1.54, 1.807) is 48.5 Å². The highest BCUT2D eigenvalue weighted by molar-refractivity contribution is 8.18. The van der Waals surface area contributed by atoms with Gasteiger partial charge in [-0.05, 0) is 57.9 Å². The lowest BCUT2D eigenvalue weighted by Crippen LogP contribution is -2.27. The maximum Gasteiger partial charge on any atom is 0.293 e. The SMILES string of the molecule is O=C1S/C(=C\c2ccc(OCc3ccccc3[N+](=O)[O-])cc2)C(=O)N1Cc1cccc2ccccc12. The van der Waals surface area contributed by atoms with E-state index in [0.29, 0.717) is 16.2 Å². The molecule has 2 amide bonds. The molecule has 36 heavy (non-hydrogen) atoms. The molecule has 0 N–H and O–H groups in total. The lowest BCUT2D eigenvalue weighted by Gasteiger charge is -2.14. The molecule has 7 nitrogen and oxygen atoms in total. The molecule has 0 spiro atoms. The number of nitro benzene ring substituents is 1. The quantitative estimate of drug-likeness (QED) is 0.163. The molecule has 1 aliphatic rings. The molecule has 0 saturated carbocycles. The van der Waals surface area contributed by atoms with Crippen molar-refractivity contribution in [2.45, 2.75) is 13.2 Å². The molecule has 0 atom stereocenters. The monoisotopic (exact) mass is 496 g/mol. The van der Waals surface area contributed by atoms with Gasteiger partial charge in [0.05, 0.1) is 21.9 Å². The fourth-order valence-corrected chi connectivity index (χ4v) is 4.86. The van der Waals surface area contributed by atoms with E-state index in [1.807, 2.05) is 42.5 Å². The van der Waals surface area contributed by atoms with E-state index in [0.717, 1.165) is 33.7 Å². The molecule has 0 aliphatic carbocycles. The summed E-state index contributed by atoms with van der Waals surface area (Å²) in [5.74, 6) is 0.212. The fourth-order valence-electron chi connectivity index (χ4n) is 4.02. The number of thioether (sulfide) groups is 1. The van der Waals surface area contributed by atoms with Crippen LogP contribution in [-0.4, -0.2) is 21.0 Å². The largest absolute Gasteiger partial charge is 0.489 e. The first-order valence-corrected chi connectivity index (χ1v) is 12.0. The van der Waals surface area contributed by atoms with E-state index >= 15 is 0 Å². The molecule has 1 heterocycles. The van der Waals surface area contributed by atoms with Crippen LogP contribution < -0.4 is 4.74 Å². The maximum atomic E-state index is 13.0. The average molecular weight is 497 g/mol. The summed E-state index contributed by atoms with van der Waals surface area (Å²) in [6.07, 6.45) is 1.68. The molecule has 8 heteroatoms. The summed E-state index contributed by atoms with van der Waals surface area (Å²) < 4.78 is 5.70. The van der Waals surface area contributed by atoms with Crippen molar-refractivity contribution in [3.05, 3.63) is 123 Å². The number of benzene rings is 4. The minimum atomic E-state index is -0.435. The van der Waals surface area contributed by atoms with Crippen molar-refractivity contribution in [2.24, 2.45) is 0 Å². The Morgan fingerprint density at radius 3 is 2.36 bits per heavy atom. The second-order valence-corrected chi connectivity index (χ2v) is 9.14. The summed E-state index contributed by atoms with van der Waals surface area (Å²) in [6.45, 7) is 0.269. The zero-order valence-corrected chi connectivity index (χ0v) is 19.8. The van der Waals surface area contributed by atoms with Gasteiger partial charge in [0, 0.05) is 6.07 Å². The number of fused-ring (bicyclic) bond motifs is 1. The van der Waals surface area contributed by atoms with E-state index in [2.05, 4.69) is 0 Å². The standard InChI is InChI=1S/C28H20N2O5S/c31-27-26(36-28(32)29(27)17-21-9-5-8-20-6-1-3-10-24(20)21)16-19-12-14-23(15-13-19)35-18-22-7-2-4-11-25(22)30(33)34/h1-16H,17-18H2/b26-16-. The minimum Gasteiger partial charge on any atom is -0.489 e. The van der Waals surface area contributed by atoms with Gasteiger partial charge < -0.3 is 4.74 Å². The van der Waals surface area contributed by atoms with Crippen LogP contribution in [0.25, 0.3) is 16.8 Å². The number of amides is 2. The Morgan fingerprint density at radius 1 is 0.861 bits per heavy atom. The fraction of sp³-hybridized carbons (Fsp3) is 0.0714. The van der Waals surface area contributed by atoms with Gasteiger partial charge in [0.25, 0.3) is 16.8 Å². The van der Waals surface area contributed by atoms with E-state index in [1.165, 1.54) is 11.0 Å². The minimum absolute atomic E-state index is 0.00773. The highest BCUT2D eigenvalue weighted by atomic mass is 32.2.